The summed E-state index contributed by atoms with van der Waals surface area (Å²) in [6.45, 7) is 0. The summed E-state index contributed by atoms with van der Waals surface area (Å²) < 4.78 is 0. The quantitative estimate of drug-likeness (QED) is 0.699. The Balaban J connectivity index is 1.75. The van der Waals surface area contributed by atoms with Crippen molar-refractivity contribution in [2.24, 2.45) is 0 Å². The lowest BCUT2D eigenvalue weighted by atomic mass is 9.99. The number of hydrogen-bond acceptors (Lipinski definition) is 1. The number of fused-ring (bicyclic) bond motifs is 1. The van der Waals surface area contributed by atoms with Gasteiger partial charge in [-0.05, 0) is 35.6 Å². The standard InChI is InChI=1S/C18H22O2/c19-18(20)14-5-3-1-2-4-9-15-11-8-12-16-10-6-7-13-17(15)16/h6-8,10-13H,1-5,9,14H2,(H,19,20). The second-order valence-corrected chi connectivity index (χ2v) is 5.30. The van der Waals surface area contributed by atoms with Crippen LogP contribution in [0, 0.1) is 0 Å². The van der Waals surface area contributed by atoms with Crippen molar-refractivity contribution in [2.45, 2.75) is 44.9 Å². The average molecular weight is 270 g/mol. The van der Waals surface area contributed by atoms with Crippen molar-refractivity contribution in [1.82, 2.24) is 0 Å². The first-order valence-corrected chi connectivity index (χ1v) is 7.46. The number of hydrogen-bond donors (Lipinski definition) is 1. The first kappa shape index (κ1) is 14.6. The molecule has 2 aromatic carbocycles. The van der Waals surface area contributed by atoms with Crippen LogP contribution in [0.15, 0.2) is 42.5 Å². The number of benzene rings is 2. The summed E-state index contributed by atoms with van der Waals surface area (Å²) in [4.78, 5) is 10.4. The highest BCUT2D eigenvalue weighted by Gasteiger charge is 2.00. The van der Waals surface area contributed by atoms with Gasteiger partial charge in [-0.1, -0.05) is 61.7 Å². The van der Waals surface area contributed by atoms with Crippen molar-refractivity contribution in [1.29, 1.82) is 0 Å². The van der Waals surface area contributed by atoms with Gasteiger partial charge in [-0.3, -0.25) is 4.79 Å². The molecule has 1 N–H and O–H groups in total. The van der Waals surface area contributed by atoms with E-state index in [1.165, 1.54) is 29.2 Å². The Bertz CT molecular complexity index is 555. The van der Waals surface area contributed by atoms with Crippen molar-refractivity contribution < 1.29 is 9.90 Å². The minimum absolute atomic E-state index is 0.309. The lowest BCUT2D eigenvalue weighted by Crippen LogP contribution is -1.93. The van der Waals surface area contributed by atoms with Gasteiger partial charge in [0.05, 0.1) is 0 Å². The van der Waals surface area contributed by atoms with E-state index < -0.39 is 5.97 Å². The number of carboxylic acid groups (broad SMARTS) is 1. The molecule has 106 valence electrons. The molecular formula is C18H22O2. The van der Waals surface area contributed by atoms with Gasteiger partial charge in [0.15, 0.2) is 0 Å². The molecule has 0 heterocycles. The van der Waals surface area contributed by atoms with Gasteiger partial charge >= 0.3 is 5.97 Å². The summed E-state index contributed by atoms with van der Waals surface area (Å²) in [5, 5.41) is 11.2. The second kappa shape index (κ2) is 7.68. The van der Waals surface area contributed by atoms with Gasteiger partial charge in [-0.25, -0.2) is 0 Å². The van der Waals surface area contributed by atoms with Crippen molar-refractivity contribution in [3.8, 4) is 0 Å². The van der Waals surface area contributed by atoms with Crippen LogP contribution < -0.4 is 0 Å². The van der Waals surface area contributed by atoms with Gasteiger partial charge in [0.25, 0.3) is 0 Å². The van der Waals surface area contributed by atoms with Crippen LogP contribution in [0.2, 0.25) is 0 Å². The van der Waals surface area contributed by atoms with E-state index in [1.807, 2.05) is 0 Å². The first-order chi connectivity index (χ1) is 9.77. The fraction of sp³-hybridized carbons (Fsp3) is 0.389. The van der Waals surface area contributed by atoms with Crippen LogP contribution >= 0.6 is 0 Å². The molecule has 0 bridgehead atoms. The third-order valence-corrected chi connectivity index (χ3v) is 3.72. The Hall–Kier alpha value is -1.83. The van der Waals surface area contributed by atoms with E-state index in [9.17, 15) is 4.79 Å². The van der Waals surface area contributed by atoms with Gasteiger partial charge in [0, 0.05) is 6.42 Å². The fourth-order valence-corrected chi connectivity index (χ4v) is 2.63. The molecule has 0 unspecified atom stereocenters. The summed E-state index contributed by atoms with van der Waals surface area (Å²) in [5.41, 5.74) is 1.42. The monoisotopic (exact) mass is 270 g/mol. The number of unbranched alkanes of at least 4 members (excludes halogenated alkanes) is 4. The molecule has 2 heteroatoms. The maximum Gasteiger partial charge on any atom is 0.303 e. The SMILES string of the molecule is O=C(O)CCCCCCCc1cccc2ccccc12. The van der Waals surface area contributed by atoms with Crippen LogP contribution in [0.4, 0.5) is 0 Å². The predicted octanol–water partition coefficient (Wildman–Crippen LogP) is 4.81. The molecule has 0 spiro atoms. The highest BCUT2D eigenvalue weighted by molar-refractivity contribution is 5.85. The van der Waals surface area contributed by atoms with Crippen molar-refractivity contribution >= 4 is 16.7 Å². The molecular weight excluding hydrogens is 248 g/mol. The van der Waals surface area contributed by atoms with E-state index in [0.29, 0.717) is 6.42 Å². The normalized spacial score (nSPS) is 10.8. The zero-order valence-corrected chi connectivity index (χ0v) is 11.8. The lowest BCUT2D eigenvalue weighted by molar-refractivity contribution is -0.137. The summed E-state index contributed by atoms with van der Waals surface area (Å²) in [5.74, 6) is -0.680. The fourth-order valence-electron chi connectivity index (χ4n) is 2.63. The maximum absolute atomic E-state index is 10.4. The van der Waals surface area contributed by atoms with Crippen molar-refractivity contribution in [3.05, 3.63) is 48.0 Å². The molecule has 0 aliphatic rings. The van der Waals surface area contributed by atoms with Crippen LogP contribution in [0.1, 0.15) is 44.1 Å². The molecule has 2 aromatic rings. The van der Waals surface area contributed by atoms with Gasteiger partial charge in [-0.2, -0.15) is 0 Å². The minimum atomic E-state index is -0.680. The van der Waals surface area contributed by atoms with E-state index in [2.05, 4.69) is 42.5 Å². The number of aryl methyl sites for hydroxylation is 1. The minimum Gasteiger partial charge on any atom is -0.481 e. The molecule has 2 nitrogen and oxygen atoms in total. The van der Waals surface area contributed by atoms with Gasteiger partial charge in [0.1, 0.15) is 0 Å². The highest BCUT2D eigenvalue weighted by atomic mass is 16.4. The van der Waals surface area contributed by atoms with Crippen molar-refractivity contribution in [2.75, 3.05) is 0 Å². The second-order valence-electron chi connectivity index (χ2n) is 5.30. The smallest absolute Gasteiger partial charge is 0.303 e. The van der Waals surface area contributed by atoms with E-state index in [1.54, 1.807) is 0 Å². The molecule has 0 saturated heterocycles. The summed E-state index contributed by atoms with van der Waals surface area (Å²) in [6, 6.07) is 15.0. The van der Waals surface area contributed by atoms with E-state index in [4.69, 9.17) is 5.11 Å². The predicted molar refractivity (Wildman–Crippen MR) is 83.0 cm³/mol. The molecule has 2 rings (SSSR count). The van der Waals surface area contributed by atoms with Crippen LogP contribution in [0.3, 0.4) is 0 Å². The number of carboxylic acids is 1. The molecule has 0 amide bonds. The molecule has 0 aromatic heterocycles. The molecule has 0 fully saturated rings. The number of aliphatic carboxylic acids is 1. The van der Waals surface area contributed by atoms with Gasteiger partial charge in [-0.15, -0.1) is 0 Å². The third-order valence-electron chi connectivity index (χ3n) is 3.72. The molecule has 0 aliphatic carbocycles. The average Bonchev–Trinajstić information content (AvgIpc) is 2.46. The molecule has 20 heavy (non-hydrogen) atoms. The topological polar surface area (TPSA) is 37.3 Å². The zero-order chi connectivity index (χ0) is 14.2. The van der Waals surface area contributed by atoms with E-state index in [-0.39, 0.29) is 0 Å². The van der Waals surface area contributed by atoms with Crippen molar-refractivity contribution in [3.63, 3.8) is 0 Å². The van der Waals surface area contributed by atoms with Gasteiger partial charge < -0.3 is 5.11 Å². The van der Waals surface area contributed by atoms with Gasteiger partial charge in [0.2, 0.25) is 0 Å². The third kappa shape index (κ3) is 4.37. The molecule has 0 saturated carbocycles. The van der Waals surface area contributed by atoms with Crippen LogP contribution in [-0.2, 0) is 11.2 Å². The molecule has 0 radical (unpaired) electrons. The summed E-state index contributed by atoms with van der Waals surface area (Å²) >= 11 is 0. The largest absolute Gasteiger partial charge is 0.481 e. The number of rotatable bonds is 8. The van der Waals surface area contributed by atoms with Crippen LogP contribution in [0.25, 0.3) is 10.8 Å². The van der Waals surface area contributed by atoms with Crippen LogP contribution in [-0.4, -0.2) is 11.1 Å². The zero-order valence-electron chi connectivity index (χ0n) is 11.8. The Morgan fingerprint density at radius 1 is 0.850 bits per heavy atom. The lowest BCUT2D eigenvalue weighted by Gasteiger charge is -2.06. The molecule has 0 atom stereocenters. The Kier molecular flexibility index (Phi) is 5.60. The highest BCUT2D eigenvalue weighted by Crippen LogP contribution is 2.20. The Labute approximate surface area is 120 Å². The first-order valence-electron chi connectivity index (χ1n) is 7.46. The summed E-state index contributed by atoms with van der Waals surface area (Å²) in [7, 11) is 0. The molecule has 0 aliphatic heterocycles. The van der Waals surface area contributed by atoms with Crippen LogP contribution in [0.5, 0.6) is 0 Å². The van der Waals surface area contributed by atoms with E-state index in [0.717, 1.165) is 25.7 Å². The Morgan fingerprint density at radius 3 is 2.40 bits per heavy atom. The Morgan fingerprint density at radius 2 is 1.55 bits per heavy atom. The maximum atomic E-state index is 10.4. The number of carbonyl (C=O) groups is 1. The summed E-state index contributed by atoms with van der Waals surface area (Å²) in [6.07, 6.45) is 6.76. The van der Waals surface area contributed by atoms with E-state index >= 15 is 0 Å².